The number of amides is 2. The topological polar surface area (TPSA) is 103 Å². The van der Waals surface area contributed by atoms with E-state index in [-0.39, 0.29) is 17.7 Å². The van der Waals surface area contributed by atoms with Gasteiger partial charge in [0.05, 0.1) is 11.2 Å². The molecule has 7 nitrogen and oxygen atoms in total. The molecule has 4 N–H and O–H groups in total. The minimum absolute atomic E-state index is 0.0316. The quantitative estimate of drug-likeness (QED) is 0.368. The van der Waals surface area contributed by atoms with Crippen molar-refractivity contribution in [2.75, 3.05) is 10.6 Å². The number of nitrogens with zero attached hydrogens (tertiary/aromatic N) is 1. The predicted octanol–water partition coefficient (Wildman–Crippen LogP) is 4.72. The normalized spacial score (nSPS) is 13.3. The van der Waals surface area contributed by atoms with E-state index in [9.17, 15) is 9.59 Å². The Kier molecular flexibility index (Phi) is 4.78. The first-order chi connectivity index (χ1) is 15.1. The van der Waals surface area contributed by atoms with Crippen LogP contribution in [-0.2, 0) is 11.2 Å². The number of hydrogen-bond donors (Lipinski definition) is 4. The van der Waals surface area contributed by atoms with Crippen LogP contribution in [0.1, 0.15) is 35.8 Å². The highest BCUT2D eigenvalue weighted by atomic mass is 16.2. The molecular weight excluding hydrogens is 390 g/mol. The zero-order valence-corrected chi connectivity index (χ0v) is 17.2. The van der Waals surface area contributed by atoms with Crippen molar-refractivity contribution in [3.8, 4) is 11.1 Å². The SMILES string of the molecule is CCc1c[nH]c(C(=O)Nc2cccc3c(-c4ccnc(NC(=O)C5CC5)c4)c[nH]c23)c1. The van der Waals surface area contributed by atoms with Gasteiger partial charge in [-0.25, -0.2) is 4.98 Å². The van der Waals surface area contributed by atoms with Gasteiger partial charge in [-0.05, 0) is 54.7 Å². The molecule has 7 heteroatoms. The molecule has 3 aromatic heterocycles. The van der Waals surface area contributed by atoms with E-state index >= 15 is 0 Å². The number of rotatable bonds is 6. The van der Waals surface area contributed by atoms with Crippen LogP contribution in [0.5, 0.6) is 0 Å². The lowest BCUT2D eigenvalue weighted by Gasteiger charge is -2.07. The van der Waals surface area contributed by atoms with E-state index in [0.717, 1.165) is 46.9 Å². The molecule has 1 aromatic carbocycles. The number of pyridine rings is 1. The van der Waals surface area contributed by atoms with Crippen LogP contribution in [0.3, 0.4) is 0 Å². The van der Waals surface area contributed by atoms with Crippen LogP contribution >= 0.6 is 0 Å². The van der Waals surface area contributed by atoms with Gasteiger partial charge in [-0.2, -0.15) is 0 Å². The number of benzene rings is 1. The second kappa shape index (κ2) is 7.75. The molecule has 0 radical (unpaired) electrons. The molecule has 1 saturated carbocycles. The molecule has 0 unspecified atom stereocenters. The number of carbonyl (C=O) groups excluding carboxylic acids is 2. The lowest BCUT2D eigenvalue weighted by atomic mass is 10.1. The van der Waals surface area contributed by atoms with Crippen molar-refractivity contribution < 1.29 is 9.59 Å². The standard InChI is InChI=1S/C24H23N5O2/c1-2-14-10-20(26-12-14)24(31)28-19-5-3-4-17-18(13-27-22(17)19)16-8-9-25-21(11-16)29-23(30)15-6-7-15/h3-5,8-13,15,26-27H,2,6-7H2,1H3,(H,28,31)(H,25,29,30). The summed E-state index contributed by atoms with van der Waals surface area (Å²) in [6.45, 7) is 2.05. The number of aryl methyl sites for hydroxylation is 1. The second-order valence-corrected chi connectivity index (χ2v) is 7.85. The minimum atomic E-state index is -0.183. The number of anilines is 2. The number of aromatic nitrogens is 3. The van der Waals surface area contributed by atoms with Gasteiger partial charge >= 0.3 is 0 Å². The van der Waals surface area contributed by atoms with E-state index in [1.54, 1.807) is 6.20 Å². The third kappa shape index (κ3) is 3.82. The highest BCUT2D eigenvalue weighted by molar-refractivity contribution is 6.10. The molecule has 1 aliphatic rings. The Morgan fingerprint density at radius 1 is 1.10 bits per heavy atom. The summed E-state index contributed by atoms with van der Waals surface area (Å²) in [7, 11) is 0. The van der Waals surface area contributed by atoms with Gasteiger partial charge in [0.2, 0.25) is 5.91 Å². The van der Waals surface area contributed by atoms with Crippen LogP contribution in [-0.4, -0.2) is 26.8 Å². The smallest absolute Gasteiger partial charge is 0.272 e. The maximum Gasteiger partial charge on any atom is 0.272 e. The van der Waals surface area contributed by atoms with E-state index in [2.05, 4.69) is 25.6 Å². The summed E-state index contributed by atoms with van der Waals surface area (Å²) in [6.07, 6.45) is 8.22. The van der Waals surface area contributed by atoms with E-state index < -0.39 is 0 Å². The van der Waals surface area contributed by atoms with E-state index in [0.29, 0.717) is 17.2 Å². The third-order valence-corrected chi connectivity index (χ3v) is 5.63. The fourth-order valence-corrected chi connectivity index (χ4v) is 3.70. The Bertz CT molecular complexity index is 1280. The number of aromatic amines is 2. The Hall–Kier alpha value is -3.87. The van der Waals surface area contributed by atoms with Crippen LogP contribution in [0.2, 0.25) is 0 Å². The zero-order valence-electron chi connectivity index (χ0n) is 17.2. The van der Waals surface area contributed by atoms with Gasteiger partial charge in [-0.1, -0.05) is 19.1 Å². The average molecular weight is 413 g/mol. The second-order valence-electron chi connectivity index (χ2n) is 7.85. The molecule has 3 heterocycles. The summed E-state index contributed by atoms with van der Waals surface area (Å²) in [6, 6.07) is 11.4. The highest BCUT2D eigenvalue weighted by Gasteiger charge is 2.29. The van der Waals surface area contributed by atoms with Crippen LogP contribution < -0.4 is 10.6 Å². The molecule has 2 amide bonds. The lowest BCUT2D eigenvalue weighted by molar-refractivity contribution is -0.117. The van der Waals surface area contributed by atoms with Crippen molar-refractivity contribution in [1.29, 1.82) is 0 Å². The van der Waals surface area contributed by atoms with Crippen molar-refractivity contribution in [3.63, 3.8) is 0 Å². The summed E-state index contributed by atoms with van der Waals surface area (Å²) in [5, 5.41) is 6.86. The number of fused-ring (bicyclic) bond motifs is 1. The number of H-pyrrole nitrogens is 2. The summed E-state index contributed by atoms with van der Waals surface area (Å²) in [4.78, 5) is 35.3. The molecule has 0 saturated heterocycles. The highest BCUT2D eigenvalue weighted by Crippen LogP contribution is 2.34. The van der Waals surface area contributed by atoms with Gasteiger partial charge in [0, 0.05) is 35.5 Å². The molecule has 4 aromatic rings. The maximum absolute atomic E-state index is 12.7. The summed E-state index contributed by atoms with van der Waals surface area (Å²) < 4.78 is 0. The molecule has 1 fully saturated rings. The molecule has 0 bridgehead atoms. The van der Waals surface area contributed by atoms with E-state index in [4.69, 9.17) is 0 Å². The van der Waals surface area contributed by atoms with E-state index in [1.807, 2.05) is 55.7 Å². The first kappa shape index (κ1) is 19.1. The molecule has 156 valence electrons. The predicted molar refractivity (Wildman–Crippen MR) is 121 cm³/mol. The first-order valence-electron chi connectivity index (χ1n) is 10.5. The fourth-order valence-electron chi connectivity index (χ4n) is 3.70. The van der Waals surface area contributed by atoms with Crippen molar-refractivity contribution >= 4 is 34.2 Å². The molecule has 0 spiro atoms. The van der Waals surface area contributed by atoms with Gasteiger partial charge < -0.3 is 20.6 Å². The Morgan fingerprint density at radius 3 is 2.74 bits per heavy atom. The third-order valence-electron chi connectivity index (χ3n) is 5.63. The molecular formula is C24H23N5O2. The van der Waals surface area contributed by atoms with Crippen LogP contribution in [0, 0.1) is 5.92 Å². The molecule has 0 aliphatic heterocycles. The van der Waals surface area contributed by atoms with Crippen LogP contribution in [0.25, 0.3) is 22.0 Å². The van der Waals surface area contributed by atoms with Crippen molar-refractivity contribution in [1.82, 2.24) is 15.0 Å². The van der Waals surface area contributed by atoms with Gasteiger partial charge in [-0.3, -0.25) is 9.59 Å². The Labute approximate surface area is 179 Å². The van der Waals surface area contributed by atoms with Crippen LogP contribution in [0.15, 0.2) is 55.0 Å². The van der Waals surface area contributed by atoms with Crippen molar-refractivity contribution in [3.05, 3.63) is 66.2 Å². The van der Waals surface area contributed by atoms with Gasteiger partial charge in [0.25, 0.3) is 5.91 Å². The van der Waals surface area contributed by atoms with Crippen LogP contribution in [0.4, 0.5) is 11.5 Å². The molecule has 31 heavy (non-hydrogen) atoms. The Balaban J connectivity index is 1.43. The average Bonchev–Trinajstić information content (AvgIpc) is 3.36. The van der Waals surface area contributed by atoms with Crippen molar-refractivity contribution in [2.24, 2.45) is 5.92 Å². The summed E-state index contributed by atoms with van der Waals surface area (Å²) >= 11 is 0. The lowest BCUT2D eigenvalue weighted by Crippen LogP contribution is -2.14. The van der Waals surface area contributed by atoms with E-state index in [1.165, 1.54) is 0 Å². The van der Waals surface area contributed by atoms with Gasteiger partial charge in [0.15, 0.2) is 0 Å². The van der Waals surface area contributed by atoms with Gasteiger partial charge in [-0.15, -0.1) is 0 Å². The van der Waals surface area contributed by atoms with Crippen molar-refractivity contribution in [2.45, 2.75) is 26.2 Å². The number of para-hydroxylation sites is 1. The monoisotopic (exact) mass is 413 g/mol. The van der Waals surface area contributed by atoms with Gasteiger partial charge in [0.1, 0.15) is 11.5 Å². The Morgan fingerprint density at radius 2 is 1.97 bits per heavy atom. The fraction of sp³-hybridized carbons (Fsp3) is 0.208. The first-order valence-corrected chi connectivity index (χ1v) is 10.5. The largest absolute Gasteiger partial charge is 0.359 e. The molecule has 1 aliphatic carbocycles. The molecule has 5 rings (SSSR count). The summed E-state index contributed by atoms with van der Waals surface area (Å²) in [5.74, 6) is 0.519. The number of carbonyl (C=O) groups is 2. The molecule has 0 atom stereocenters. The summed E-state index contributed by atoms with van der Waals surface area (Å²) in [5.41, 5.74) is 5.08. The maximum atomic E-state index is 12.7. The number of nitrogens with one attached hydrogen (secondary N) is 4. The number of hydrogen-bond acceptors (Lipinski definition) is 3. The zero-order chi connectivity index (χ0) is 21.4. The minimum Gasteiger partial charge on any atom is -0.359 e.